The van der Waals surface area contributed by atoms with Gasteiger partial charge in [0.15, 0.2) is 0 Å². The van der Waals surface area contributed by atoms with Crippen molar-refractivity contribution in [3.05, 3.63) is 63.9 Å². The van der Waals surface area contributed by atoms with Crippen LogP contribution < -0.4 is 10.2 Å². The number of nitrogens with one attached hydrogen (secondary N) is 1. The fourth-order valence-corrected chi connectivity index (χ4v) is 2.95. The lowest BCUT2D eigenvalue weighted by Gasteiger charge is -2.01. The van der Waals surface area contributed by atoms with E-state index in [-0.39, 0.29) is 6.61 Å². The van der Waals surface area contributed by atoms with Gasteiger partial charge in [-0.15, -0.1) is 17.8 Å². The van der Waals surface area contributed by atoms with Crippen molar-refractivity contribution in [2.75, 3.05) is 12.0 Å². The third kappa shape index (κ3) is 4.92. The van der Waals surface area contributed by atoms with Crippen LogP contribution in [0.15, 0.2) is 63.5 Å². The summed E-state index contributed by atoms with van der Waals surface area (Å²) in [4.78, 5) is 4.53. The monoisotopic (exact) mass is 411 g/mol. The second kappa shape index (κ2) is 8.47. The van der Waals surface area contributed by atoms with Crippen molar-refractivity contribution in [1.29, 1.82) is 0 Å². The average molecular weight is 412 g/mol. The van der Waals surface area contributed by atoms with Crippen LogP contribution in [0, 0.1) is 12.3 Å². The number of anilines is 1. The van der Waals surface area contributed by atoms with Crippen LogP contribution in [-0.4, -0.2) is 17.8 Å². The molecule has 3 aromatic rings. The van der Waals surface area contributed by atoms with Gasteiger partial charge in [0.05, 0.1) is 11.9 Å². The van der Waals surface area contributed by atoms with Gasteiger partial charge in [0, 0.05) is 15.4 Å². The first kappa shape index (κ1) is 17.2. The highest BCUT2D eigenvalue weighted by Gasteiger charge is 2.03. The van der Waals surface area contributed by atoms with Gasteiger partial charge in [-0.05, 0) is 42.0 Å². The van der Waals surface area contributed by atoms with Gasteiger partial charge >= 0.3 is 0 Å². The molecule has 0 radical (unpaired) electrons. The molecule has 1 aromatic heterocycles. The number of hydrogen-bond acceptors (Lipinski definition) is 5. The number of rotatable bonds is 6. The molecule has 0 atom stereocenters. The second-order valence-corrected chi connectivity index (χ2v) is 6.75. The van der Waals surface area contributed by atoms with Gasteiger partial charge in [-0.3, -0.25) is 5.43 Å². The molecule has 1 heterocycles. The van der Waals surface area contributed by atoms with Crippen LogP contribution in [0.25, 0.3) is 11.3 Å². The summed E-state index contributed by atoms with van der Waals surface area (Å²) in [6.45, 7) is 0.264. The van der Waals surface area contributed by atoms with E-state index in [9.17, 15) is 0 Å². The highest BCUT2D eigenvalue weighted by atomic mass is 79.9. The number of hydrazone groups is 1. The van der Waals surface area contributed by atoms with E-state index >= 15 is 0 Å². The number of hydrogen-bond donors (Lipinski definition) is 1. The number of benzene rings is 2. The maximum Gasteiger partial charge on any atom is 0.203 e. The Labute approximate surface area is 158 Å². The molecule has 6 heteroatoms. The minimum absolute atomic E-state index is 0.264. The van der Waals surface area contributed by atoms with Crippen LogP contribution in [0.2, 0.25) is 0 Å². The first-order valence-electron chi connectivity index (χ1n) is 7.41. The Hall–Kier alpha value is -2.62. The number of ether oxygens (including phenoxy) is 1. The lowest BCUT2D eigenvalue weighted by atomic mass is 10.2. The third-order valence-electron chi connectivity index (χ3n) is 3.22. The first-order chi connectivity index (χ1) is 12.2. The number of aromatic nitrogens is 1. The normalized spacial score (nSPS) is 10.6. The topological polar surface area (TPSA) is 46.5 Å². The predicted octanol–water partition coefficient (Wildman–Crippen LogP) is 5.03. The van der Waals surface area contributed by atoms with Crippen LogP contribution >= 0.6 is 27.3 Å². The van der Waals surface area contributed by atoms with Crippen molar-refractivity contribution in [2.24, 2.45) is 5.10 Å². The summed E-state index contributed by atoms with van der Waals surface area (Å²) in [6.07, 6.45) is 6.89. The standard InChI is InChI=1S/C19H14BrN3OS/c1-2-11-24-17-9-3-14(4-10-17)12-21-23-19-22-18(13-25-19)15-5-7-16(20)8-6-15/h1,3-10,12-13H,11H2,(H,22,23)/b21-12+. The van der Waals surface area contributed by atoms with E-state index in [1.807, 2.05) is 53.9 Å². The van der Waals surface area contributed by atoms with Gasteiger partial charge in [-0.2, -0.15) is 5.10 Å². The summed E-state index contributed by atoms with van der Waals surface area (Å²) in [5.41, 5.74) is 5.89. The van der Waals surface area contributed by atoms with Crippen LogP contribution in [-0.2, 0) is 0 Å². The van der Waals surface area contributed by atoms with Crippen molar-refractivity contribution in [3.63, 3.8) is 0 Å². The van der Waals surface area contributed by atoms with Crippen molar-refractivity contribution >= 4 is 38.6 Å². The van der Waals surface area contributed by atoms with E-state index in [1.54, 1.807) is 6.21 Å². The van der Waals surface area contributed by atoms with E-state index < -0.39 is 0 Å². The summed E-state index contributed by atoms with van der Waals surface area (Å²) in [7, 11) is 0. The van der Waals surface area contributed by atoms with Crippen LogP contribution in [0.4, 0.5) is 5.13 Å². The van der Waals surface area contributed by atoms with Crippen molar-refractivity contribution < 1.29 is 4.74 Å². The molecule has 0 saturated carbocycles. The van der Waals surface area contributed by atoms with Gasteiger partial charge in [0.1, 0.15) is 12.4 Å². The lowest BCUT2D eigenvalue weighted by molar-refractivity contribution is 0.370. The van der Waals surface area contributed by atoms with E-state index in [2.05, 4.69) is 37.4 Å². The Morgan fingerprint density at radius 3 is 2.68 bits per heavy atom. The molecular weight excluding hydrogens is 398 g/mol. The molecule has 0 amide bonds. The highest BCUT2D eigenvalue weighted by Crippen LogP contribution is 2.26. The van der Waals surface area contributed by atoms with E-state index in [1.165, 1.54) is 11.3 Å². The number of halogens is 1. The van der Waals surface area contributed by atoms with Crippen LogP contribution in [0.5, 0.6) is 5.75 Å². The molecule has 25 heavy (non-hydrogen) atoms. The summed E-state index contributed by atoms with van der Waals surface area (Å²) in [6, 6.07) is 15.6. The fourth-order valence-electron chi connectivity index (χ4n) is 2.02. The highest BCUT2D eigenvalue weighted by molar-refractivity contribution is 9.10. The zero-order chi connectivity index (χ0) is 17.5. The van der Waals surface area contributed by atoms with Gasteiger partial charge in [-0.1, -0.05) is 34.0 Å². The molecule has 1 N–H and O–H groups in total. The molecule has 0 aliphatic carbocycles. The quantitative estimate of drug-likeness (QED) is 0.351. The predicted molar refractivity (Wildman–Crippen MR) is 107 cm³/mol. The first-order valence-corrected chi connectivity index (χ1v) is 9.09. The molecule has 0 aliphatic heterocycles. The van der Waals surface area contributed by atoms with Gasteiger partial charge in [0.25, 0.3) is 0 Å². The maximum absolute atomic E-state index is 5.33. The zero-order valence-electron chi connectivity index (χ0n) is 13.1. The fraction of sp³-hybridized carbons (Fsp3) is 0.0526. The van der Waals surface area contributed by atoms with Gasteiger partial charge in [0.2, 0.25) is 5.13 Å². The Morgan fingerprint density at radius 2 is 1.96 bits per heavy atom. The van der Waals surface area contributed by atoms with Crippen LogP contribution in [0.3, 0.4) is 0 Å². The molecule has 0 bridgehead atoms. The molecular formula is C19H14BrN3OS. The molecule has 4 nitrogen and oxygen atoms in total. The van der Waals surface area contributed by atoms with E-state index in [0.717, 1.165) is 32.2 Å². The van der Waals surface area contributed by atoms with Gasteiger partial charge in [-0.25, -0.2) is 4.98 Å². The molecule has 124 valence electrons. The smallest absolute Gasteiger partial charge is 0.203 e. The Bertz CT molecular complexity index is 896. The maximum atomic E-state index is 5.33. The lowest BCUT2D eigenvalue weighted by Crippen LogP contribution is -1.94. The second-order valence-electron chi connectivity index (χ2n) is 4.98. The van der Waals surface area contributed by atoms with Crippen molar-refractivity contribution in [1.82, 2.24) is 4.98 Å². The summed E-state index contributed by atoms with van der Waals surface area (Å²) < 4.78 is 6.37. The Kier molecular flexibility index (Phi) is 5.83. The molecule has 0 aliphatic rings. The molecule has 3 rings (SSSR count). The SMILES string of the molecule is C#CCOc1ccc(/C=N/Nc2nc(-c3ccc(Br)cc3)cs2)cc1. The molecule has 0 spiro atoms. The summed E-state index contributed by atoms with van der Waals surface area (Å²) >= 11 is 4.94. The number of terminal acetylenes is 1. The molecule has 0 unspecified atom stereocenters. The third-order valence-corrected chi connectivity index (χ3v) is 4.50. The van der Waals surface area contributed by atoms with Gasteiger partial charge < -0.3 is 4.74 Å². The summed E-state index contributed by atoms with van der Waals surface area (Å²) in [5, 5.41) is 6.95. The van der Waals surface area contributed by atoms with E-state index in [0.29, 0.717) is 0 Å². The zero-order valence-corrected chi connectivity index (χ0v) is 15.5. The molecule has 0 saturated heterocycles. The number of thiazole rings is 1. The largest absolute Gasteiger partial charge is 0.481 e. The summed E-state index contributed by atoms with van der Waals surface area (Å²) in [5.74, 6) is 3.17. The minimum Gasteiger partial charge on any atom is -0.481 e. The Balaban J connectivity index is 1.59. The Morgan fingerprint density at radius 1 is 1.20 bits per heavy atom. The van der Waals surface area contributed by atoms with Crippen molar-refractivity contribution in [3.8, 4) is 29.4 Å². The van der Waals surface area contributed by atoms with Crippen LogP contribution in [0.1, 0.15) is 5.56 Å². The number of nitrogens with zero attached hydrogens (tertiary/aromatic N) is 2. The average Bonchev–Trinajstić information content (AvgIpc) is 3.10. The van der Waals surface area contributed by atoms with E-state index in [4.69, 9.17) is 11.2 Å². The van der Waals surface area contributed by atoms with Crippen molar-refractivity contribution in [2.45, 2.75) is 0 Å². The molecule has 0 fully saturated rings. The molecule has 2 aromatic carbocycles. The minimum atomic E-state index is 0.264.